The van der Waals surface area contributed by atoms with E-state index in [4.69, 9.17) is 9.72 Å². The van der Waals surface area contributed by atoms with Gasteiger partial charge in [0.25, 0.3) is 0 Å². The largest absolute Gasteiger partial charge is 0.381 e. The zero-order valence-corrected chi connectivity index (χ0v) is 14.1. The monoisotopic (exact) mass is 291 g/mol. The average Bonchev–Trinajstić information content (AvgIpc) is 2.44. The van der Waals surface area contributed by atoms with Crippen LogP contribution in [0.4, 0.5) is 5.82 Å². The van der Waals surface area contributed by atoms with Crippen molar-refractivity contribution in [2.75, 3.05) is 25.2 Å². The number of hydrogen-bond donors (Lipinski definition) is 1. The van der Waals surface area contributed by atoms with Crippen molar-refractivity contribution in [2.24, 2.45) is 0 Å². The molecule has 1 aromatic rings. The molecular formula is C17H29N3O. The molecule has 1 aromatic heterocycles. The summed E-state index contributed by atoms with van der Waals surface area (Å²) in [5, 5.41) is 3.54. The van der Waals surface area contributed by atoms with Gasteiger partial charge < -0.3 is 15.0 Å². The van der Waals surface area contributed by atoms with E-state index in [0.717, 1.165) is 44.1 Å². The summed E-state index contributed by atoms with van der Waals surface area (Å²) in [6.07, 6.45) is 2.17. The van der Waals surface area contributed by atoms with Crippen LogP contribution in [-0.2, 0) is 11.3 Å². The summed E-state index contributed by atoms with van der Waals surface area (Å²) < 4.78 is 5.45. The molecule has 1 aliphatic heterocycles. The molecule has 2 heterocycles. The zero-order chi connectivity index (χ0) is 15.5. The average molecular weight is 291 g/mol. The smallest absolute Gasteiger partial charge is 0.129 e. The first-order chi connectivity index (χ1) is 9.85. The maximum atomic E-state index is 5.45. The first kappa shape index (κ1) is 16.2. The van der Waals surface area contributed by atoms with Gasteiger partial charge in [-0.25, -0.2) is 4.98 Å². The number of ether oxygens (including phenoxy) is 1. The van der Waals surface area contributed by atoms with Gasteiger partial charge in [-0.05, 0) is 58.2 Å². The van der Waals surface area contributed by atoms with Crippen LogP contribution in [0, 0.1) is 6.92 Å². The Morgan fingerprint density at radius 2 is 1.95 bits per heavy atom. The fraction of sp³-hybridized carbons (Fsp3) is 0.706. The molecule has 4 nitrogen and oxygen atoms in total. The van der Waals surface area contributed by atoms with E-state index in [2.05, 4.69) is 57.1 Å². The van der Waals surface area contributed by atoms with E-state index in [9.17, 15) is 0 Å². The highest BCUT2D eigenvalue weighted by Gasteiger charge is 2.20. The van der Waals surface area contributed by atoms with Gasteiger partial charge in [-0.15, -0.1) is 0 Å². The molecule has 118 valence electrons. The Morgan fingerprint density at radius 1 is 1.29 bits per heavy atom. The van der Waals surface area contributed by atoms with Gasteiger partial charge in [-0.2, -0.15) is 0 Å². The third kappa shape index (κ3) is 4.97. The van der Waals surface area contributed by atoms with Gasteiger partial charge in [-0.3, -0.25) is 0 Å². The summed E-state index contributed by atoms with van der Waals surface area (Å²) in [6, 6.07) is 4.91. The Balaban J connectivity index is 2.10. The van der Waals surface area contributed by atoms with Crippen LogP contribution in [0.3, 0.4) is 0 Å². The molecule has 0 radical (unpaired) electrons. The first-order valence-corrected chi connectivity index (χ1v) is 7.88. The molecule has 0 unspecified atom stereocenters. The second kappa shape index (κ2) is 6.75. The van der Waals surface area contributed by atoms with E-state index < -0.39 is 0 Å². The molecule has 1 fully saturated rings. The van der Waals surface area contributed by atoms with Gasteiger partial charge in [0, 0.05) is 44.1 Å². The lowest BCUT2D eigenvalue weighted by atomic mass is 10.1. The lowest BCUT2D eigenvalue weighted by Gasteiger charge is -2.32. The van der Waals surface area contributed by atoms with Gasteiger partial charge >= 0.3 is 0 Å². The summed E-state index contributed by atoms with van der Waals surface area (Å²) in [5.74, 6) is 1.08. The maximum Gasteiger partial charge on any atom is 0.129 e. The second-order valence-corrected chi connectivity index (χ2v) is 7.03. The fourth-order valence-electron chi connectivity index (χ4n) is 2.63. The van der Waals surface area contributed by atoms with Crippen LogP contribution in [0.15, 0.2) is 12.1 Å². The Bertz CT molecular complexity index is 462. The normalized spacial score (nSPS) is 17.0. The van der Waals surface area contributed by atoms with Crippen molar-refractivity contribution in [3.8, 4) is 0 Å². The Morgan fingerprint density at radius 3 is 2.57 bits per heavy atom. The van der Waals surface area contributed by atoms with Crippen LogP contribution in [0.1, 0.15) is 44.9 Å². The highest BCUT2D eigenvalue weighted by molar-refractivity contribution is 5.43. The molecule has 1 aliphatic rings. The van der Waals surface area contributed by atoms with Crippen molar-refractivity contribution < 1.29 is 4.74 Å². The maximum absolute atomic E-state index is 5.45. The molecular weight excluding hydrogens is 262 g/mol. The van der Waals surface area contributed by atoms with E-state index in [1.165, 1.54) is 5.56 Å². The molecule has 0 amide bonds. The van der Waals surface area contributed by atoms with Crippen LogP contribution in [0.5, 0.6) is 0 Å². The molecule has 0 spiro atoms. The molecule has 0 aromatic carbocycles. The molecule has 1 N–H and O–H groups in total. The third-order valence-corrected chi connectivity index (χ3v) is 3.92. The van der Waals surface area contributed by atoms with Gasteiger partial charge in [0.15, 0.2) is 0 Å². The zero-order valence-electron chi connectivity index (χ0n) is 14.1. The van der Waals surface area contributed by atoms with Gasteiger partial charge in [0.2, 0.25) is 0 Å². The Labute approximate surface area is 128 Å². The number of nitrogens with zero attached hydrogens (tertiary/aromatic N) is 2. The summed E-state index contributed by atoms with van der Waals surface area (Å²) >= 11 is 0. The molecule has 2 rings (SSSR count). The van der Waals surface area contributed by atoms with Gasteiger partial charge in [0.05, 0.1) is 0 Å². The summed E-state index contributed by atoms with van der Waals surface area (Å²) in [5.41, 5.74) is 2.51. The lowest BCUT2D eigenvalue weighted by molar-refractivity contribution is 0.0853. The number of aromatic nitrogens is 1. The first-order valence-electron chi connectivity index (χ1n) is 7.88. The van der Waals surface area contributed by atoms with Crippen LogP contribution in [0.25, 0.3) is 0 Å². The van der Waals surface area contributed by atoms with Crippen LogP contribution < -0.4 is 10.2 Å². The van der Waals surface area contributed by atoms with E-state index >= 15 is 0 Å². The quantitative estimate of drug-likeness (QED) is 0.925. The van der Waals surface area contributed by atoms with Crippen molar-refractivity contribution in [2.45, 2.75) is 58.7 Å². The predicted molar refractivity (Wildman–Crippen MR) is 87.8 cm³/mol. The standard InChI is InChI=1S/C17H29N3O/c1-13-10-14(12-18-17(2,3)4)11-16(19-13)20(5)15-6-8-21-9-7-15/h10-11,15,18H,6-9,12H2,1-5H3. The van der Waals surface area contributed by atoms with Crippen molar-refractivity contribution in [1.82, 2.24) is 10.3 Å². The minimum absolute atomic E-state index is 0.129. The molecule has 0 saturated carbocycles. The van der Waals surface area contributed by atoms with Gasteiger partial charge in [-0.1, -0.05) is 0 Å². The number of aryl methyl sites for hydroxylation is 1. The van der Waals surface area contributed by atoms with E-state index in [1.54, 1.807) is 0 Å². The number of anilines is 1. The molecule has 0 atom stereocenters. The predicted octanol–water partition coefficient (Wildman–Crippen LogP) is 2.89. The summed E-state index contributed by atoms with van der Waals surface area (Å²) in [7, 11) is 2.15. The lowest BCUT2D eigenvalue weighted by Crippen LogP contribution is -2.37. The SMILES string of the molecule is Cc1cc(CNC(C)(C)C)cc(N(C)C2CCOCC2)n1. The van der Waals surface area contributed by atoms with Gasteiger partial charge in [0.1, 0.15) is 5.82 Å². The van der Waals surface area contributed by atoms with E-state index in [1.807, 2.05) is 0 Å². The number of rotatable bonds is 4. The molecule has 1 saturated heterocycles. The number of hydrogen-bond acceptors (Lipinski definition) is 4. The number of pyridine rings is 1. The summed E-state index contributed by atoms with van der Waals surface area (Å²) in [4.78, 5) is 7.03. The number of nitrogens with one attached hydrogen (secondary N) is 1. The molecule has 21 heavy (non-hydrogen) atoms. The highest BCUT2D eigenvalue weighted by atomic mass is 16.5. The Kier molecular flexibility index (Phi) is 5.22. The fourth-order valence-corrected chi connectivity index (χ4v) is 2.63. The molecule has 0 aliphatic carbocycles. The van der Waals surface area contributed by atoms with Crippen molar-refractivity contribution >= 4 is 5.82 Å². The molecule has 0 bridgehead atoms. The topological polar surface area (TPSA) is 37.4 Å². The van der Waals surface area contributed by atoms with E-state index in [0.29, 0.717) is 6.04 Å². The molecule has 4 heteroatoms. The second-order valence-electron chi connectivity index (χ2n) is 7.03. The summed E-state index contributed by atoms with van der Waals surface area (Å²) in [6.45, 7) is 11.2. The van der Waals surface area contributed by atoms with E-state index in [-0.39, 0.29) is 5.54 Å². The van der Waals surface area contributed by atoms with Crippen LogP contribution in [0.2, 0.25) is 0 Å². The van der Waals surface area contributed by atoms with Crippen molar-refractivity contribution in [3.05, 3.63) is 23.4 Å². The Hall–Kier alpha value is -1.13. The minimum atomic E-state index is 0.129. The third-order valence-electron chi connectivity index (χ3n) is 3.92. The van der Waals surface area contributed by atoms with Crippen LogP contribution >= 0.6 is 0 Å². The van der Waals surface area contributed by atoms with Crippen molar-refractivity contribution in [3.63, 3.8) is 0 Å². The van der Waals surface area contributed by atoms with Crippen molar-refractivity contribution in [1.29, 1.82) is 0 Å². The minimum Gasteiger partial charge on any atom is -0.381 e. The van der Waals surface area contributed by atoms with Crippen LogP contribution in [-0.4, -0.2) is 36.8 Å². The highest BCUT2D eigenvalue weighted by Crippen LogP contribution is 2.21.